The summed E-state index contributed by atoms with van der Waals surface area (Å²) in [5, 5.41) is 3.89. The Morgan fingerprint density at radius 2 is 2.00 bits per heavy atom. The Morgan fingerprint density at radius 1 is 1.21 bits per heavy atom. The van der Waals surface area contributed by atoms with E-state index in [1.54, 1.807) is 24.3 Å². The fourth-order valence-electron chi connectivity index (χ4n) is 1.95. The molecule has 0 bridgehead atoms. The summed E-state index contributed by atoms with van der Waals surface area (Å²) >= 11 is 5.92. The molecule has 0 amide bonds. The largest absolute Gasteiger partial charge is 0.397 e. The summed E-state index contributed by atoms with van der Waals surface area (Å²) in [6.45, 7) is 2.63. The molecule has 0 fully saturated rings. The van der Waals surface area contributed by atoms with E-state index in [1.165, 1.54) is 6.07 Å². The van der Waals surface area contributed by atoms with Gasteiger partial charge in [0, 0.05) is 11.6 Å². The van der Waals surface area contributed by atoms with E-state index in [0.717, 1.165) is 29.8 Å². The van der Waals surface area contributed by atoms with Gasteiger partial charge in [0.1, 0.15) is 5.82 Å². The second-order valence-corrected chi connectivity index (χ2v) is 4.92. The first kappa shape index (κ1) is 13.7. The van der Waals surface area contributed by atoms with Crippen molar-refractivity contribution in [3.8, 4) is 0 Å². The Bertz CT molecular complexity index is 584. The van der Waals surface area contributed by atoms with Crippen LogP contribution in [0.5, 0.6) is 0 Å². The molecule has 0 aliphatic carbocycles. The van der Waals surface area contributed by atoms with Crippen molar-refractivity contribution in [3.05, 3.63) is 58.4 Å². The molecule has 3 N–H and O–H groups in total. The van der Waals surface area contributed by atoms with E-state index in [9.17, 15) is 4.39 Å². The molecule has 2 rings (SSSR count). The van der Waals surface area contributed by atoms with Crippen molar-refractivity contribution in [2.75, 3.05) is 17.6 Å². The van der Waals surface area contributed by atoms with Gasteiger partial charge in [-0.25, -0.2) is 4.39 Å². The van der Waals surface area contributed by atoms with Crippen LogP contribution in [-0.4, -0.2) is 6.54 Å². The molecular weight excluding hydrogens is 263 g/mol. The molecule has 100 valence electrons. The molecule has 0 heterocycles. The fourth-order valence-corrected chi connectivity index (χ4v) is 2.13. The molecule has 19 heavy (non-hydrogen) atoms. The van der Waals surface area contributed by atoms with Crippen LogP contribution in [0.4, 0.5) is 15.8 Å². The average Bonchev–Trinajstić information content (AvgIpc) is 2.36. The summed E-state index contributed by atoms with van der Waals surface area (Å²) in [6.07, 6.45) is 0.804. The Balaban J connectivity index is 1.98. The monoisotopic (exact) mass is 278 g/mol. The SMILES string of the molecule is Cc1cc(F)ccc1CCNc1cc(Cl)ccc1N. The molecule has 0 radical (unpaired) electrons. The maximum Gasteiger partial charge on any atom is 0.123 e. The lowest BCUT2D eigenvalue weighted by Crippen LogP contribution is -2.07. The van der Waals surface area contributed by atoms with Crippen molar-refractivity contribution in [1.29, 1.82) is 0 Å². The minimum absolute atomic E-state index is 0.201. The van der Waals surface area contributed by atoms with E-state index in [4.69, 9.17) is 17.3 Å². The predicted octanol–water partition coefficient (Wildman–Crippen LogP) is 4.02. The quantitative estimate of drug-likeness (QED) is 0.829. The first-order chi connectivity index (χ1) is 9.06. The average molecular weight is 279 g/mol. The third kappa shape index (κ3) is 3.61. The van der Waals surface area contributed by atoms with Gasteiger partial charge >= 0.3 is 0 Å². The van der Waals surface area contributed by atoms with E-state index >= 15 is 0 Å². The summed E-state index contributed by atoms with van der Waals surface area (Å²) in [7, 11) is 0. The number of benzene rings is 2. The highest BCUT2D eigenvalue weighted by molar-refractivity contribution is 6.31. The van der Waals surface area contributed by atoms with Gasteiger partial charge < -0.3 is 11.1 Å². The van der Waals surface area contributed by atoms with Crippen LogP contribution in [0.2, 0.25) is 5.02 Å². The molecule has 0 aliphatic heterocycles. The number of halogens is 2. The molecule has 0 saturated carbocycles. The van der Waals surface area contributed by atoms with Gasteiger partial charge in [-0.05, 0) is 54.8 Å². The lowest BCUT2D eigenvalue weighted by Gasteiger charge is -2.11. The summed E-state index contributed by atoms with van der Waals surface area (Å²) in [4.78, 5) is 0. The van der Waals surface area contributed by atoms with Gasteiger partial charge in [0.05, 0.1) is 11.4 Å². The van der Waals surface area contributed by atoms with E-state index in [0.29, 0.717) is 10.7 Å². The number of hydrogen-bond donors (Lipinski definition) is 2. The van der Waals surface area contributed by atoms with E-state index in [1.807, 2.05) is 13.0 Å². The number of rotatable bonds is 4. The van der Waals surface area contributed by atoms with Gasteiger partial charge in [-0.15, -0.1) is 0 Å². The lowest BCUT2D eigenvalue weighted by atomic mass is 10.1. The molecule has 0 aliphatic rings. The van der Waals surface area contributed by atoms with Gasteiger partial charge in [0.2, 0.25) is 0 Å². The normalized spacial score (nSPS) is 10.5. The van der Waals surface area contributed by atoms with Gasteiger partial charge in [-0.2, -0.15) is 0 Å². The Kier molecular flexibility index (Phi) is 4.27. The Labute approximate surface area is 117 Å². The van der Waals surface area contributed by atoms with Crippen molar-refractivity contribution < 1.29 is 4.39 Å². The smallest absolute Gasteiger partial charge is 0.123 e. The van der Waals surface area contributed by atoms with E-state index in [2.05, 4.69) is 5.32 Å². The minimum Gasteiger partial charge on any atom is -0.397 e. The van der Waals surface area contributed by atoms with Crippen LogP contribution in [0.3, 0.4) is 0 Å². The van der Waals surface area contributed by atoms with Crippen molar-refractivity contribution in [1.82, 2.24) is 0 Å². The van der Waals surface area contributed by atoms with Crippen LogP contribution in [0.25, 0.3) is 0 Å². The molecule has 0 atom stereocenters. The van der Waals surface area contributed by atoms with Crippen LogP contribution in [0.1, 0.15) is 11.1 Å². The molecule has 2 aromatic rings. The number of aryl methyl sites for hydroxylation is 1. The second kappa shape index (κ2) is 5.93. The number of hydrogen-bond acceptors (Lipinski definition) is 2. The minimum atomic E-state index is -0.201. The molecule has 0 saturated heterocycles. The van der Waals surface area contributed by atoms with Gasteiger partial charge in [-0.3, -0.25) is 0 Å². The van der Waals surface area contributed by atoms with Crippen molar-refractivity contribution in [2.24, 2.45) is 0 Å². The molecule has 0 unspecified atom stereocenters. The topological polar surface area (TPSA) is 38.0 Å². The van der Waals surface area contributed by atoms with Gasteiger partial charge in [-0.1, -0.05) is 17.7 Å². The van der Waals surface area contributed by atoms with Crippen LogP contribution in [0.15, 0.2) is 36.4 Å². The van der Waals surface area contributed by atoms with Crippen molar-refractivity contribution in [3.63, 3.8) is 0 Å². The summed E-state index contributed by atoms with van der Waals surface area (Å²) in [6, 6.07) is 10.2. The standard InChI is InChI=1S/C15H16ClFN2/c1-10-8-13(17)4-2-11(10)6-7-19-15-9-12(16)3-5-14(15)18/h2-5,8-9,19H,6-7,18H2,1H3. The Hall–Kier alpha value is -1.74. The summed E-state index contributed by atoms with van der Waals surface area (Å²) in [5.74, 6) is -0.201. The maximum absolute atomic E-state index is 13.0. The predicted molar refractivity (Wildman–Crippen MR) is 79.2 cm³/mol. The van der Waals surface area contributed by atoms with Crippen molar-refractivity contribution >= 4 is 23.0 Å². The van der Waals surface area contributed by atoms with Crippen molar-refractivity contribution in [2.45, 2.75) is 13.3 Å². The van der Waals surface area contributed by atoms with Gasteiger partial charge in [0.25, 0.3) is 0 Å². The zero-order valence-electron chi connectivity index (χ0n) is 10.7. The number of nitrogen functional groups attached to an aromatic ring is 1. The highest BCUT2D eigenvalue weighted by Gasteiger charge is 2.02. The van der Waals surface area contributed by atoms with E-state index in [-0.39, 0.29) is 5.82 Å². The number of nitrogens with one attached hydrogen (secondary N) is 1. The highest BCUT2D eigenvalue weighted by Crippen LogP contribution is 2.23. The van der Waals surface area contributed by atoms with Crippen LogP contribution < -0.4 is 11.1 Å². The molecule has 2 nitrogen and oxygen atoms in total. The molecule has 2 aromatic carbocycles. The zero-order chi connectivity index (χ0) is 13.8. The second-order valence-electron chi connectivity index (χ2n) is 4.48. The third-order valence-corrected chi connectivity index (χ3v) is 3.26. The summed E-state index contributed by atoms with van der Waals surface area (Å²) in [5.41, 5.74) is 9.42. The zero-order valence-corrected chi connectivity index (χ0v) is 11.5. The van der Waals surface area contributed by atoms with Gasteiger partial charge in [0.15, 0.2) is 0 Å². The molecular formula is C15H16ClFN2. The molecule has 0 aromatic heterocycles. The highest BCUT2D eigenvalue weighted by atomic mass is 35.5. The van der Waals surface area contributed by atoms with Crippen LogP contribution in [-0.2, 0) is 6.42 Å². The fraction of sp³-hybridized carbons (Fsp3) is 0.200. The van der Waals surface area contributed by atoms with E-state index < -0.39 is 0 Å². The van der Waals surface area contributed by atoms with Crippen LogP contribution in [0, 0.1) is 12.7 Å². The Morgan fingerprint density at radius 3 is 2.74 bits per heavy atom. The first-order valence-electron chi connectivity index (χ1n) is 6.10. The number of nitrogens with two attached hydrogens (primary N) is 1. The maximum atomic E-state index is 13.0. The molecule has 4 heteroatoms. The lowest BCUT2D eigenvalue weighted by molar-refractivity contribution is 0.625. The summed E-state index contributed by atoms with van der Waals surface area (Å²) < 4.78 is 13.0. The first-order valence-corrected chi connectivity index (χ1v) is 6.48. The third-order valence-electron chi connectivity index (χ3n) is 3.03. The van der Waals surface area contributed by atoms with Crippen LogP contribution >= 0.6 is 11.6 Å². The number of anilines is 2. The molecule has 0 spiro atoms.